The van der Waals surface area contributed by atoms with E-state index in [-0.39, 0.29) is 35.4 Å². The molecule has 0 unspecified atom stereocenters. The third-order valence-electron chi connectivity index (χ3n) is 4.49. The number of carbonyl (C=O) groups excluding carboxylic acids is 2. The Hall–Kier alpha value is -3.03. The van der Waals surface area contributed by atoms with Crippen molar-refractivity contribution < 1.29 is 18.5 Å². The average molecular weight is 386 g/mol. The first-order chi connectivity index (χ1) is 13.4. The Morgan fingerprint density at radius 2 is 2.11 bits per heavy atom. The first-order valence-corrected chi connectivity index (χ1v) is 9.22. The highest BCUT2D eigenvalue weighted by molar-refractivity contribution is 5.96. The average Bonchev–Trinajstić information content (AvgIpc) is 3.14. The van der Waals surface area contributed by atoms with Gasteiger partial charge in [0.25, 0.3) is 17.6 Å². The lowest BCUT2D eigenvalue weighted by Crippen LogP contribution is -2.61. The molecule has 0 saturated carbocycles. The zero-order valence-electron chi connectivity index (χ0n) is 16.1. The molecule has 1 fully saturated rings. The Kier molecular flexibility index (Phi) is 5.87. The second-order valence-electron chi connectivity index (χ2n) is 7.17. The Bertz CT molecular complexity index is 876. The summed E-state index contributed by atoms with van der Waals surface area (Å²) in [5.74, 6) is -0.821. The van der Waals surface area contributed by atoms with Crippen LogP contribution in [0.1, 0.15) is 37.8 Å². The molecule has 1 saturated heterocycles. The van der Waals surface area contributed by atoms with Crippen LogP contribution >= 0.6 is 0 Å². The minimum atomic E-state index is -0.596. The van der Waals surface area contributed by atoms with Crippen molar-refractivity contribution in [3.05, 3.63) is 48.1 Å². The molecule has 2 amide bonds. The van der Waals surface area contributed by atoms with Gasteiger partial charge in [0.05, 0.1) is 6.04 Å². The maximum atomic E-state index is 13.1. The van der Waals surface area contributed by atoms with Crippen LogP contribution in [0, 0.1) is 11.7 Å². The number of nitrogens with zero attached hydrogens (tertiary/aromatic N) is 3. The predicted octanol–water partition coefficient (Wildman–Crippen LogP) is 2.81. The largest absolute Gasteiger partial charge is 0.346 e. The molecule has 2 heterocycles. The number of piperazine rings is 1. The van der Waals surface area contributed by atoms with Gasteiger partial charge in [-0.2, -0.15) is 4.98 Å². The van der Waals surface area contributed by atoms with E-state index in [0.29, 0.717) is 18.5 Å². The maximum absolute atomic E-state index is 13.1. The van der Waals surface area contributed by atoms with Crippen molar-refractivity contribution in [2.24, 2.45) is 5.92 Å². The van der Waals surface area contributed by atoms with Crippen LogP contribution in [0.2, 0.25) is 0 Å². The monoisotopic (exact) mass is 386 g/mol. The van der Waals surface area contributed by atoms with Crippen LogP contribution in [-0.4, -0.2) is 45.5 Å². The third-order valence-corrected chi connectivity index (χ3v) is 4.49. The molecule has 1 aromatic heterocycles. The molecule has 7 nitrogen and oxygen atoms in total. The van der Waals surface area contributed by atoms with E-state index in [1.165, 1.54) is 29.2 Å². The van der Waals surface area contributed by atoms with E-state index < -0.39 is 11.9 Å². The fourth-order valence-corrected chi connectivity index (χ4v) is 3.20. The number of allylic oxidation sites excluding steroid dienone is 1. The Morgan fingerprint density at radius 1 is 1.39 bits per heavy atom. The van der Waals surface area contributed by atoms with E-state index in [9.17, 15) is 14.0 Å². The summed E-state index contributed by atoms with van der Waals surface area (Å²) in [5.41, 5.74) is 0.509. The Balaban J connectivity index is 1.86. The van der Waals surface area contributed by atoms with Gasteiger partial charge in [-0.25, -0.2) is 4.39 Å². The van der Waals surface area contributed by atoms with E-state index in [2.05, 4.69) is 15.5 Å². The van der Waals surface area contributed by atoms with Crippen molar-refractivity contribution in [2.45, 2.75) is 39.3 Å². The second-order valence-corrected chi connectivity index (χ2v) is 7.17. The van der Waals surface area contributed by atoms with Gasteiger partial charge in [0.15, 0.2) is 0 Å². The lowest BCUT2D eigenvalue weighted by atomic mass is 9.98. The normalized spacial score (nSPS) is 20.0. The molecule has 2 atom stereocenters. The van der Waals surface area contributed by atoms with E-state index in [0.717, 1.165) is 0 Å². The maximum Gasteiger partial charge on any atom is 0.296 e. The number of halogens is 1. The fraction of sp³-hybridized carbons (Fsp3) is 0.400. The highest BCUT2D eigenvalue weighted by Gasteiger charge is 2.38. The van der Waals surface area contributed by atoms with Gasteiger partial charge in [-0.15, -0.1) is 0 Å². The van der Waals surface area contributed by atoms with Gasteiger partial charge in [-0.05, 0) is 43.5 Å². The topological polar surface area (TPSA) is 88.3 Å². The molecule has 2 aromatic rings. The third kappa shape index (κ3) is 4.27. The van der Waals surface area contributed by atoms with E-state index in [1.54, 1.807) is 0 Å². The molecule has 0 bridgehead atoms. The molecule has 1 aliphatic rings. The summed E-state index contributed by atoms with van der Waals surface area (Å²) < 4.78 is 18.3. The summed E-state index contributed by atoms with van der Waals surface area (Å²) in [6.07, 6.45) is 4.20. The highest BCUT2D eigenvalue weighted by atomic mass is 19.1. The molecular formula is C20H23FN4O3. The van der Waals surface area contributed by atoms with Crippen LogP contribution in [0.4, 0.5) is 4.39 Å². The van der Waals surface area contributed by atoms with Crippen LogP contribution < -0.4 is 5.32 Å². The quantitative estimate of drug-likeness (QED) is 0.799. The second kappa shape index (κ2) is 8.33. The lowest BCUT2D eigenvalue weighted by Gasteiger charge is -2.38. The summed E-state index contributed by atoms with van der Waals surface area (Å²) in [4.78, 5) is 31.3. The Labute approximate surface area is 162 Å². The van der Waals surface area contributed by atoms with Crippen LogP contribution in [0.3, 0.4) is 0 Å². The van der Waals surface area contributed by atoms with E-state index in [4.69, 9.17) is 4.52 Å². The van der Waals surface area contributed by atoms with Crippen LogP contribution in [-0.2, 0) is 4.79 Å². The molecule has 8 heteroatoms. The summed E-state index contributed by atoms with van der Waals surface area (Å²) >= 11 is 0. The lowest BCUT2D eigenvalue weighted by molar-refractivity contribution is -0.129. The van der Waals surface area contributed by atoms with Gasteiger partial charge < -0.3 is 14.7 Å². The van der Waals surface area contributed by atoms with E-state index >= 15 is 0 Å². The number of hydrogen-bond donors (Lipinski definition) is 1. The van der Waals surface area contributed by atoms with Crippen molar-refractivity contribution in [3.8, 4) is 11.5 Å². The molecule has 0 spiro atoms. The number of amides is 2. The van der Waals surface area contributed by atoms with Crippen molar-refractivity contribution in [2.75, 3.05) is 6.54 Å². The van der Waals surface area contributed by atoms with Gasteiger partial charge in [-0.1, -0.05) is 31.2 Å². The van der Waals surface area contributed by atoms with Crippen molar-refractivity contribution in [1.82, 2.24) is 20.4 Å². The van der Waals surface area contributed by atoms with Crippen LogP contribution in [0.5, 0.6) is 0 Å². The van der Waals surface area contributed by atoms with Gasteiger partial charge in [-0.3, -0.25) is 9.59 Å². The fourth-order valence-electron chi connectivity index (χ4n) is 3.20. The first-order valence-electron chi connectivity index (χ1n) is 9.22. The van der Waals surface area contributed by atoms with Crippen molar-refractivity contribution in [3.63, 3.8) is 0 Å². The molecule has 148 valence electrons. The molecule has 28 heavy (non-hydrogen) atoms. The number of nitrogens with one attached hydrogen (secondary N) is 1. The van der Waals surface area contributed by atoms with Crippen LogP contribution in [0.15, 0.2) is 40.9 Å². The van der Waals surface area contributed by atoms with Gasteiger partial charge in [0.1, 0.15) is 11.9 Å². The number of rotatable bonds is 5. The molecule has 1 aromatic carbocycles. The van der Waals surface area contributed by atoms with Crippen LogP contribution in [0.25, 0.3) is 11.5 Å². The zero-order chi connectivity index (χ0) is 20.3. The molecule has 0 radical (unpaired) electrons. The zero-order valence-corrected chi connectivity index (χ0v) is 16.1. The molecular weight excluding hydrogens is 363 g/mol. The SMILES string of the molecule is C/C=C/[C@H]1CN(C(=O)c2noc(-c3ccc(F)cc3)n2)[C@@H](CC(C)C)C(=O)N1. The number of carbonyl (C=O) groups is 2. The molecule has 1 N–H and O–H groups in total. The highest BCUT2D eigenvalue weighted by Crippen LogP contribution is 2.21. The molecule has 3 rings (SSSR count). The van der Waals surface area contributed by atoms with Crippen molar-refractivity contribution >= 4 is 11.8 Å². The van der Waals surface area contributed by atoms with Gasteiger partial charge in [0, 0.05) is 12.1 Å². The van der Waals surface area contributed by atoms with Gasteiger partial charge >= 0.3 is 0 Å². The first kappa shape index (κ1) is 19.7. The molecule has 0 aliphatic carbocycles. The minimum absolute atomic E-state index is 0.121. The van der Waals surface area contributed by atoms with Gasteiger partial charge in [0.2, 0.25) is 5.91 Å². The van der Waals surface area contributed by atoms with Crippen molar-refractivity contribution in [1.29, 1.82) is 0 Å². The minimum Gasteiger partial charge on any atom is -0.346 e. The summed E-state index contributed by atoms with van der Waals surface area (Å²) in [5, 5.41) is 6.70. The molecule has 1 aliphatic heterocycles. The summed E-state index contributed by atoms with van der Waals surface area (Å²) in [6, 6.07) is 4.67. The number of hydrogen-bond acceptors (Lipinski definition) is 5. The van der Waals surface area contributed by atoms with E-state index in [1.807, 2.05) is 32.9 Å². The number of benzene rings is 1. The smallest absolute Gasteiger partial charge is 0.296 e. The standard InChI is InChI=1S/C20H23FN4O3/c1-4-5-15-11-25(16(10-12(2)3)18(26)22-15)20(27)17-23-19(28-24-17)13-6-8-14(21)9-7-13/h4-9,12,15-16H,10-11H2,1-3H3,(H,22,26)/b5-4+/t15-,16-/m0/s1. The number of aromatic nitrogens is 2. The predicted molar refractivity (Wildman–Crippen MR) is 101 cm³/mol. The summed E-state index contributed by atoms with van der Waals surface area (Å²) in [7, 11) is 0. The Morgan fingerprint density at radius 3 is 2.75 bits per heavy atom. The summed E-state index contributed by atoms with van der Waals surface area (Å²) in [6.45, 7) is 6.17.